The first-order chi connectivity index (χ1) is 8.75. The Morgan fingerprint density at radius 2 is 2.00 bits per heavy atom. The van der Waals surface area contributed by atoms with E-state index in [-0.39, 0.29) is 0 Å². The molecular weight excluding hydrogens is 296 g/mol. The first-order valence-corrected chi connectivity index (χ1v) is 6.16. The van der Waals surface area contributed by atoms with Crippen LogP contribution in [0.2, 0.25) is 0 Å². The number of halogens is 1. The van der Waals surface area contributed by atoms with Crippen LogP contribution in [-0.4, -0.2) is 15.1 Å². The summed E-state index contributed by atoms with van der Waals surface area (Å²) in [5, 5.41) is 11.1. The van der Waals surface area contributed by atoms with Crippen LogP contribution in [0.25, 0.3) is 11.0 Å². The number of furan rings is 1. The van der Waals surface area contributed by atoms with E-state index in [0.29, 0.717) is 11.3 Å². The van der Waals surface area contributed by atoms with E-state index in [1.165, 1.54) is 6.33 Å². The number of aliphatic hydroxyl groups is 1. The summed E-state index contributed by atoms with van der Waals surface area (Å²) in [5.41, 5.74) is 1.33. The zero-order chi connectivity index (χ0) is 12.5. The van der Waals surface area contributed by atoms with Crippen molar-refractivity contribution in [2.75, 3.05) is 0 Å². The van der Waals surface area contributed by atoms with E-state index >= 15 is 0 Å². The second-order valence-corrected chi connectivity index (χ2v) is 4.74. The Labute approximate surface area is 111 Å². The lowest BCUT2D eigenvalue weighted by molar-refractivity contribution is 0.191. The van der Waals surface area contributed by atoms with Crippen LogP contribution in [0, 0.1) is 0 Å². The third-order valence-corrected chi connectivity index (χ3v) is 3.31. The van der Waals surface area contributed by atoms with Gasteiger partial charge in [-0.2, -0.15) is 0 Å². The van der Waals surface area contributed by atoms with E-state index in [4.69, 9.17) is 4.42 Å². The molecule has 2 heterocycles. The minimum absolute atomic E-state index is 0.478. The summed E-state index contributed by atoms with van der Waals surface area (Å²) in [6.45, 7) is 0. The molecule has 5 heteroatoms. The lowest BCUT2D eigenvalue weighted by Gasteiger charge is -2.05. The summed E-state index contributed by atoms with van der Waals surface area (Å²) in [6, 6.07) is 7.57. The molecule has 1 N–H and O–H groups in total. The van der Waals surface area contributed by atoms with Gasteiger partial charge in [0.2, 0.25) is 0 Å². The molecule has 1 atom stereocenters. The molecule has 0 aliphatic heterocycles. The molecule has 0 saturated carbocycles. The molecule has 0 saturated heterocycles. The number of fused-ring (bicyclic) bond motifs is 1. The van der Waals surface area contributed by atoms with Crippen molar-refractivity contribution < 1.29 is 9.52 Å². The molecule has 18 heavy (non-hydrogen) atoms. The van der Waals surface area contributed by atoms with E-state index < -0.39 is 6.10 Å². The highest BCUT2D eigenvalue weighted by molar-refractivity contribution is 9.10. The monoisotopic (exact) mass is 304 g/mol. The molecule has 1 aromatic carbocycles. The molecule has 0 fully saturated rings. The topological polar surface area (TPSA) is 59.2 Å². The van der Waals surface area contributed by atoms with Crippen molar-refractivity contribution in [2.45, 2.75) is 6.10 Å². The molecule has 0 bridgehead atoms. The fourth-order valence-electron chi connectivity index (χ4n) is 1.80. The standard InChI is InChI=1S/C13H9BrN2O2/c14-10-3-1-2-8-4-11(18-13(8)10)12(17)9-5-15-7-16-6-9/h1-7,12,17H. The maximum Gasteiger partial charge on any atom is 0.148 e. The van der Waals surface area contributed by atoms with Crippen molar-refractivity contribution in [1.29, 1.82) is 0 Å². The smallest absolute Gasteiger partial charge is 0.148 e. The van der Waals surface area contributed by atoms with Gasteiger partial charge in [0.1, 0.15) is 23.8 Å². The Morgan fingerprint density at radius 3 is 2.72 bits per heavy atom. The number of benzene rings is 1. The van der Waals surface area contributed by atoms with E-state index in [0.717, 1.165) is 15.4 Å². The van der Waals surface area contributed by atoms with Gasteiger partial charge in [0.15, 0.2) is 0 Å². The Kier molecular flexibility index (Phi) is 2.85. The quantitative estimate of drug-likeness (QED) is 0.790. The number of aliphatic hydroxyl groups excluding tert-OH is 1. The lowest BCUT2D eigenvalue weighted by atomic mass is 10.1. The third kappa shape index (κ3) is 1.91. The lowest BCUT2D eigenvalue weighted by Crippen LogP contribution is -1.98. The van der Waals surface area contributed by atoms with Crippen LogP contribution in [0.3, 0.4) is 0 Å². The van der Waals surface area contributed by atoms with Crippen molar-refractivity contribution in [3.8, 4) is 0 Å². The van der Waals surface area contributed by atoms with Crippen LogP contribution in [0.5, 0.6) is 0 Å². The molecule has 0 spiro atoms. The molecule has 0 amide bonds. The van der Waals surface area contributed by atoms with Crippen LogP contribution < -0.4 is 0 Å². The van der Waals surface area contributed by atoms with Crippen LogP contribution in [0.1, 0.15) is 17.4 Å². The van der Waals surface area contributed by atoms with Crippen molar-refractivity contribution in [3.63, 3.8) is 0 Å². The number of hydrogen-bond acceptors (Lipinski definition) is 4. The summed E-state index contributed by atoms with van der Waals surface area (Å²) in [5.74, 6) is 0.478. The van der Waals surface area contributed by atoms with Gasteiger partial charge in [-0.05, 0) is 28.1 Å². The molecule has 3 aromatic rings. The van der Waals surface area contributed by atoms with Crippen LogP contribution in [-0.2, 0) is 0 Å². The number of hydrogen-bond donors (Lipinski definition) is 1. The van der Waals surface area contributed by atoms with Gasteiger partial charge in [0.25, 0.3) is 0 Å². The van der Waals surface area contributed by atoms with E-state index in [1.54, 1.807) is 12.4 Å². The van der Waals surface area contributed by atoms with Gasteiger partial charge in [-0.25, -0.2) is 9.97 Å². The van der Waals surface area contributed by atoms with Gasteiger partial charge < -0.3 is 9.52 Å². The Bertz CT molecular complexity index is 682. The van der Waals surface area contributed by atoms with Crippen molar-refractivity contribution in [3.05, 3.63) is 58.8 Å². The predicted octanol–water partition coefficient (Wildman–Crippen LogP) is 3.07. The highest BCUT2D eigenvalue weighted by Crippen LogP contribution is 2.31. The fourth-order valence-corrected chi connectivity index (χ4v) is 2.26. The Hall–Kier alpha value is -1.72. The molecule has 0 aliphatic carbocycles. The van der Waals surface area contributed by atoms with Crippen LogP contribution in [0.15, 0.2) is 51.9 Å². The molecule has 1 unspecified atom stereocenters. The first kappa shape index (κ1) is 11.4. The summed E-state index contributed by atoms with van der Waals surface area (Å²) in [7, 11) is 0. The van der Waals surface area contributed by atoms with Crippen molar-refractivity contribution in [2.24, 2.45) is 0 Å². The minimum atomic E-state index is -0.856. The van der Waals surface area contributed by atoms with E-state index in [2.05, 4.69) is 25.9 Å². The molecular formula is C13H9BrN2O2. The molecule has 4 nitrogen and oxygen atoms in total. The van der Waals surface area contributed by atoms with Gasteiger partial charge in [-0.15, -0.1) is 0 Å². The number of nitrogens with zero attached hydrogens (tertiary/aromatic N) is 2. The second-order valence-electron chi connectivity index (χ2n) is 3.88. The minimum Gasteiger partial charge on any atom is -0.457 e. The Morgan fingerprint density at radius 1 is 1.22 bits per heavy atom. The van der Waals surface area contributed by atoms with Gasteiger partial charge in [-0.3, -0.25) is 0 Å². The SMILES string of the molecule is OC(c1cncnc1)c1cc2cccc(Br)c2o1. The zero-order valence-corrected chi connectivity index (χ0v) is 10.8. The van der Waals surface area contributed by atoms with Crippen molar-refractivity contribution >= 4 is 26.9 Å². The summed E-state index contributed by atoms with van der Waals surface area (Å²) < 4.78 is 6.53. The number of rotatable bonds is 2. The molecule has 0 radical (unpaired) electrons. The average Bonchev–Trinajstić information content (AvgIpc) is 2.84. The maximum atomic E-state index is 10.2. The molecule has 3 rings (SSSR count). The van der Waals surface area contributed by atoms with Gasteiger partial charge in [-0.1, -0.05) is 12.1 Å². The van der Waals surface area contributed by atoms with Gasteiger partial charge in [0, 0.05) is 23.3 Å². The van der Waals surface area contributed by atoms with Gasteiger partial charge in [0.05, 0.1) is 4.47 Å². The maximum absolute atomic E-state index is 10.2. The average molecular weight is 305 g/mol. The van der Waals surface area contributed by atoms with Crippen LogP contribution >= 0.6 is 15.9 Å². The molecule has 2 aromatic heterocycles. The summed E-state index contributed by atoms with van der Waals surface area (Å²) >= 11 is 3.42. The fraction of sp³-hybridized carbons (Fsp3) is 0.0769. The third-order valence-electron chi connectivity index (χ3n) is 2.68. The van der Waals surface area contributed by atoms with Crippen molar-refractivity contribution in [1.82, 2.24) is 9.97 Å². The van der Waals surface area contributed by atoms with Gasteiger partial charge >= 0.3 is 0 Å². The van der Waals surface area contributed by atoms with Crippen LogP contribution in [0.4, 0.5) is 0 Å². The Balaban J connectivity index is 2.07. The first-order valence-electron chi connectivity index (χ1n) is 5.36. The normalized spacial score (nSPS) is 12.8. The summed E-state index contributed by atoms with van der Waals surface area (Å²) in [4.78, 5) is 7.76. The number of aromatic nitrogens is 2. The second kappa shape index (κ2) is 4.51. The predicted molar refractivity (Wildman–Crippen MR) is 70.0 cm³/mol. The van der Waals surface area contributed by atoms with E-state index in [1.807, 2.05) is 24.3 Å². The highest BCUT2D eigenvalue weighted by atomic mass is 79.9. The molecule has 90 valence electrons. The summed E-state index contributed by atoms with van der Waals surface area (Å²) in [6.07, 6.45) is 3.70. The largest absolute Gasteiger partial charge is 0.457 e. The number of para-hydroxylation sites is 1. The molecule has 0 aliphatic rings. The van der Waals surface area contributed by atoms with E-state index in [9.17, 15) is 5.11 Å². The zero-order valence-electron chi connectivity index (χ0n) is 9.25. The highest BCUT2D eigenvalue weighted by Gasteiger charge is 2.16.